The summed E-state index contributed by atoms with van der Waals surface area (Å²) in [6, 6.07) is 7.34. The van der Waals surface area contributed by atoms with E-state index in [1.165, 1.54) is 0 Å². The zero-order valence-corrected chi connectivity index (χ0v) is 12.3. The molecule has 1 aromatic rings. The molecule has 0 radical (unpaired) electrons. The van der Waals surface area contributed by atoms with Gasteiger partial charge < -0.3 is 5.32 Å². The Morgan fingerprint density at radius 1 is 1.28 bits per heavy atom. The lowest BCUT2D eigenvalue weighted by Crippen LogP contribution is -2.45. The van der Waals surface area contributed by atoms with E-state index in [1.807, 2.05) is 24.3 Å². The van der Waals surface area contributed by atoms with Crippen LogP contribution in [0, 0.1) is 0 Å². The van der Waals surface area contributed by atoms with Crippen molar-refractivity contribution in [2.24, 2.45) is 0 Å². The van der Waals surface area contributed by atoms with Gasteiger partial charge in [-0.15, -0.1) is 24.8 Å². The average Bonchev–Trinajstić information content (AvgIpc) is 2.31. The minimum Gasteiger partial charge on any atom is -0.314 e. The number of hydrogen-bond acceptors (Lipinski definition) is 2. The van der Waals surface area contributed by atoms with Crippen molar-refractivity contribution in [2.45, 2.75) is 6.04 Å². The summed E-state index contributed by atoms with van der Waals surface area (Å²) >= 11 is 5.93. The highest BCUT2D eigenvalue weighted by Gasteiger charge is 2.21. The summed E-state index contributed by atoms with van der Waals surface area (Å²) in [5, 5.41) is 3.94. The van der Waals surface area contributed by atoms with Gasteiger partial charge in [-0.2, -0.15) is 0 Å². The smallest absolute Gasteiger partial charge is 0.109 e. The highest BCUT2D eigenvalue weighted by atomic mass is 35.5. The molecular formula is C12H18Cl3FN2. The fourth-order valence-electron chi connectivity index (χ4n) is 2.11. The molecule has 1 aliphatic rings. The highest BCUT2D eigenvalue weighted by Crippen LogP contribution is 2.24. The van der Waals surface area contributed by atoms with Gasteiger partial charge in [-0.05, 0) is 17.7 Å². The summed E-state index contributed by atoms with van der Waals surface area (Å²) in [7, 11) is 0. The Bertz CT molecular complexity index is 346. The van der Waals surface area contributed by atoms with E-state index >= 15 is 0 Å². The second-order valence-corrected chi connectivity index (χ2v) is 4.45. The molecule has 0 saturated carbocycles. The summed E-state index contributed by atoms with van der Waals surface area (Å²) < 4.78 is 13.2. The fourth-order valence-corrected chi connectivity index (χ4v) is 2.30. The van der Waals surface area contributed by atoms with Crippen LogP contribution >= 0.6 is 36.4 Å². The molecule has 1 aliphatic heterocycles. The molecule has 104 valence electrons. The molecule has 0 spiro atoms. The number of nitrogens with zero attached hydrogens (tertiary/aromatic N) is 1. The van der Waals surface area contributed by atoms with Crippen LogP contribution in [-0.4, -0.2) is 37.8 Å². The van der Waals surface area contributed by atoms with Gasteiger partial charge in [0.15, 0.2) is 0 Å². The molecule has 0 aliphatic carbocycles. The molecule has 0 bridgehead atoms. The van der Waals surface area contributed by atoms with E-state index in [2.05, 4.69) is 10.2 Å². The molecule has 0 amide bonds. The summed E-state index contributed by atoms with van der Waals surface area (Å²) in [4.78, 5) is 2.17. The van der Waals surface area contributed by atoms with Gasteiger partial charge in [0.1, 0.15) is 6.67 Å². The Morgan fingerprint density at radius 3 is 2.50 bits per heavy atom. The quantitative estimate of drug-likeness (QED) is 0.922. The number of benzene rings is 1. The van der Waals surface area contributed by atoms with Crippen LogP contribution in [-0.2, 0) is 0 Å². The highest BCUT2D eigenvalue weighted by molar-refractivity contribution is 6.30. The monoisotopic (exact) mass is 314 g/mol. The molecular weight excluding hydrogens is 298 g/mol. The fraction of sp³-hybridized carbons (Fsp3) is 0.500. The van der Waals surface area contributed by atoms with E-state index in [-0.39, 0.29) is 37.5 Å². The molecule has 1 saturated heterocycles. The Kier molecular flexibility index (Phi) is 8.91. The molecule has 0 aromatic heterocycles. The first-order valence-electron chi connectivity index (χ1n) is 5.57. The van der Waals surface area contributed by atoms with Gasteiger partial charge in [0.25, 0.3) is 0 Å². The largest absolute Gasteiger partial charge is 0.314 e. The van der Waals surface area contributed by atoms with Gasteiger partial charge in [0.05, 0.1) is 6.04 Å². The minimum absolute atomic E-state index is 0. The van der Waals surface area contributed by atoms with Gasteiger partial charge in [-0.1, -0.05) is 23.7 Å². The maximum absolute atomic E-state index is 13.2. The maximum atomic E-state index is 13.2. The number of hydrogen-bond donors (Lipinski definition) is 1. The number of halogens is 4. The van der Waals surface area contributed by atoms with Gasteiger partial charge in [-0.25, -0.2) is 4.39 Å². The van der Waals surface area contributed by atoms with Crippen LogP contribution in [0.15, 0.2) is 24.3 Å². The SMILES string of the molecule is Cl.Cl.FC[C@@H](c1cccc(Cl)c1)N1CCNCC1. The van der Waals surface area contributed by atoms with E-state index < -0.39 is 0 Å². The van der Waals surface area contributed by atoms with E-state index in [4.69, 9.17) is 11.6 Å². The Hall–Kier alpha value is -0.0600. The molecule has 2 nitrogen and oxygen atoms in total. The van der Waals surface area contributed by atoms with Crippen LogP contribution in [0.4, 0.5) is 4.39 Å². The van der Waals surface area contributed by atoms with Crippen LogP contribution in [0.2, 0.25) is 5.02 Å². The summed E-state index contributed by atoms with van der Waals surface area (Å²) in [5.41, 5.74) is 0.969. The lowest BCUT2D eigenvalue weighted by Gasteiger charge is -2.33. The van der Waals surface area contributed by atoms with E-state index in [0.29, 0.717) is 5.02 Å². The molecule has 1 atom stereocenters. The first-order chi connectivity index (χ1) is 7.81. The molecule has 1 aromatic carbocycles. The average molecular weight is 316 g/mol. The van der Waals surface area contributed by atoms with Crippen molar-refractivity contribution >= 4 is 36.4 Å². The second-order valence-electron chi connectivity index (χ2n) is 4.01. The third kappa shape index (κ3) is 4.56. The Labute approximate surface area is 125 Å². The number of nitrogens with one attached hydrogen (secondary N) is 1. The van der Waals surface area contributed by atoms with Crippen molar-refractivity contribution in [1.82, 2.24) is 10.2 Å². The van der Waals surface area contributed by atoms with Crippen molar-refractivity contribution in [1.29, 1.82) is 0 Å². The third-order valence-electron chi connectivity index (χ3n) is 2.97. The predicted octanol–water partition coefficient (Wildman–Crippen LogP) is 3.10. The standard InChI is InChI=1S/C12H16ClFN2.2ClH/c13-11-3-1-2-10(8-11)12(9-14)16-6-4-15-5-7-16;;/h1-3,8,12,15H,4-7,9H2;2*1H/t12-;;/m0../s1. The lowest BCUT2D eigenvalue weighted by molar-refractivity contribution is 0.147. The van der Waals surface area contributed by atoms with E-state index in [0.717, 1.165) is 31.7 Å². The lowest BCUT2D eigenvalue weighted by atomic mass is 10.1. The zero-order chi connectivity index (χ0) is 11.4. The van der Waals surface area contributed by atoms with E-state index in [1.54, 1.807) is 0 Å². The summed E-state index contributed by atoms with van der Waals surface area (Å²) in [5.74, 6) is 0. The molecule has 0 unspecified atom stereocenters. The van der Waals surface area contributed by atoms with Crippen LogP contribution in [0.1, 0.15) is 11.6 Å². The first kappa shape index (κ1) is 17.9. The Balaban J connectivity index is 0.00000144. The summed E-state index contributed by atoms with van der Waals surface area (Å²) in [6.45, 7) is 3.27. The minimum atomic E-state index is -0.361. The van der Waals surface area contributed by atoms with Crippen molar-refractivity contribution in [2.75, 3.05) is 32.9 Å². The van der Waals surface area contributed by atoms with Crippen molar-refractivity contribution in [3.05, 3.63) is 34.9 Å². The van der Waals surface area contributed by atoms with Crippen molar-refractivity contribution in [3.63, 3.8) is 0 Å². The first-order valence-corrected chi connectivity index (χ1v) is 5.95. The van der Waals surface area contributed by atoms with Crippen LogP contribution < -0.4 is 5.32 Å². The van der Waals surface area contributed by atoms with Gasteiger partial charge in [-0.3, -0.25) is 4.90 Å². The Morgan fingerprint density at radius 2 is 1.94 bits per heavy atom. The summed E-state index contributed by atoms with van der Waals surface area (Å²) in [6.07, 6.45) is 0. The normalized spacial score (nSPS) is 17.4. The van der Waals surface area contributed by atoms with Crippen LogP contribution in [0.25, 0.3) is 0 Å². The third-order valence-corrected chi connectivity index (χ3v) is 3.21. The van der Waals surface area contributed by atoms with Gasteiger partial charge >= 0.3 is 0 Å². The molecule has 6 heteroatoms. The van der Waals surface area contributed by atoms with Gasteiger partial charge in [0, 0.05) is 31.2 Å². The molecule has 1 N–H and O–H groups in total. The number of alkyl halides is 1. The van der Waals surface area contributed by atoms with E-state index in [9.17, 15) is 4.39 Å². The van der Waals surface area contributed by atoms with Crippen molar-refractivity contribution < 1.29 is 4.39 Å². The predicted molar refractivity (Wildman–Crippen MR) is 79.1 cm³/mol. The molecule has 1 fully saturated rings. The van der Waals surface area contributed by atoms with Crippen LogP contribution in [0.3, 0.4) is 0 Å². The molecule has 2 rings (SSSR count). The van der Waals surface area contributed by atoms with Gasteiger partial charge in [0.2, 0.25) is 0 Å². The second kappa shape index (κ2) is 8.94. The molecule has 18 heavy (non-hydrogen) atoms. The number of rotatable bonds is 3. The van der Waals surface area contributed by atoms with Crippen molar-refractivity contribution in [3.8, 4) is 0 Å². The maximum Gasteiger partial charge on any atom is 0.109 e. The number of piperazine rings is 1. The van der Waals surface area contributed by atoms with Crippen LogP contribution in [0.5, 0.6) is 0 Å². The zero-order valence-electron chi connectivity index (χ0n) is 9.94. The topological polar surface area (TPSA) is 15.3 Å². The molecule has 1 heterocycles.